The zero-order chi connectivity index (χ0) is 17.2. The average molecular weight is 333 g/mol. The Balaban J connectivity index is 1.54. The van der Waals surface area contributed by atoms with E-state index in [9.17, 15) is 4.79 Å². The van der Waals surface area contributed by atoms with Crippen LogP contribution in [0.25, 0.3) is 11.3 Å². The lowest BCUT2D eigenvalue weighted by Gasteiger charge is -2.09. The number of oxazole rings is 1. The van der Waals surface area contributed by atoms with E-state index in [0.29, 0.717) is 23.4 Å². The SMILES string of the molecule is Cc1ccc(C(=O)NC2CC2)cc1Nc1ncc(-c2ccccc2)o1. The number of hydrogen-bond donors (Lipinski definition) is 2. The van der Waals surface area contributed by atoms with Crippen LogP contribution in [0.2, 0.25) is 0 Å². The fraction of sp³-hybridized carbons (Fsp3) is 0.200. The van der Waals surface area contributed by atoms with Crippen LogP contribution in [0.15, 0.2) is 59.1 Å². The first-order chi connectivity index (χ1) is 12.2. The maximum atomic E-state index is 12.2. The third kappa shape index (κ3) is 3.55. The Morgan fingerprint density at radius 3 is 2.72 bits per heavy atom. The van der Waals surface area contributed by atoms with Crippen LogP contribution in [-0.2, 0) is 0 Å². The van der Waals surface area contributed by atoms with Gasteiger partial charge in [0.05, 0.1) is 6.20 Å². The van der Waals surface area contributed by atoms with Gasteiger partial charge in [-0.2, -0.15) is 0 Å². The fourth-order valence-corrected chi connectivity index (χ4v) is 2.58. The third-order valence-corrected chi connectivity index (χ3v) is 4.22. The summed E-state index contributed by atoms with van der Waals surface area (Å²) >= 11 is 0. The number of anilines is 2. The highest BCUT2D eigenvalue weighted by molar-refractivity contribution is 5.95. The van der Waals surface area contributed by atoms with Crippen molar-refractivity contribution in [1.29, 1.82) is 0 Å². The minimum absolute atomic E-state index is 0.0390. The molecule has 1 aromatic heterocycles. The summed E-state index contributed by atoms with van der Waals surface area (Å²) in [6.07, 6.45) is 3.83. The maximum absolute atomic E-state index is 12.2. The first-order valence-corrected chi connectivity index (χ1v) is 8.39. The molecule has 0 saturated heterocycles. The van der Waals surface area contributed by atoms with E-state index in [4.69, 9.17) is 4.42 Å². The number of carbonyl (C=O) groups is 1. The van der Waals surface area contributed by atoms with Crippen LogP contribution in [0.3, 0.4) is 0 Å². The molecule has 0 radical (unpaired) electrons. The van der Waals surface area contributed by atoms with Crippen molar-refractivity contribution in [3.63, 3.8) is 0 Å². The lowest BCUT2D eigenvalue weighted by Crippen LogP contribution is -2.25. The van der Waals surface area contributed by atoms with Gasteiger partial charge in [-0.05, 0) is 37.5 Å². The van der Waals surface area contributed by atoms with E-state index in [1.807, 2.05) is 55.5 Å². The number of carbonyl (C=O) groups excluding carboxylic acids is 1. The smallest absolute Gasteiger partial charge is 0.299 e. The molecule has 2 N–H and O–H groups in total. The molecule has 25 heavy (non-hydrogen) atoms. The van der Waals surface area contributed by atoms with Gasteiger partial charge >= 0.3 is 0 Å². The molecule has 0 bridgehead atoms. The van der Waals surface area contributed by atoms with Crippen LogP contribution in [0.1, 0.15) is 28.8 Å². The summed E-state index contributed by atoms with van der Waals surface area (Å²) in [4.78, 5) is 16.5. The van der Waals surface area contributed by atoms with Gasteiger partial charge in [-0.15, -0.1) is 0 Å². The van der Waals surface area contributed by atoms with Crippen molar-refractivity contribution in [2.75, 3.05) is 5.32 Å². The highest BCUT2D eigenvalue weighted by Gasteiger charge is 2.24. The number of aryl methyl sites for hydroxylation is 1. The van der Waals surface area contributed by atoms with Gasteiger partial charge in [-0.1, -0.05) is 36.4 Å². The van der Waals surface area contributed by atoms with E-state index in [1.54, 1.807) is 6.20 Å². The van der Waals surface area contributed by atoms with Crippen molar-refractivity contribution in [1.82, 2.24) is 10.3 Å². The molecule has 126 valence electrons. The van der Waals surface area contributed by atoms with Gasteiger partial charge in [-0.25, -0.2) is 4.98 Å². The van der Waals surface area contributed by atoms with Gasteiger partial charge in [0.25, 0.3) is 11.9 Å². The van der Waals surface area contributed by atoms with Gasteiger partial charge in [0.1, 0.15) is 0 Å². The lowest BCUT2D eigenvalue weighted by molar-refractivity contribution is 0.0951. The molecule has 0 aliphatic heterocycles. The van der Waals surface area contributed by atoms with Crippen molar-refractivity contribution >= 4 is 17.6 Å². The van der Waals surface area contributed by atoms with Crippen LogP contribution in [0.4, 0.5) is 11.7 Å². The molecule has 1 heterocycles. The number of benzene rings is 2. The van der Waals surface area contributed by atoms with Crippen LogP contribution in [-0.4, -0.2) is 16.9 Å². The normalized spacial score (nSPS) is 13.5. The number of aromatic nitrogens is 1. The van der Waals surface area contributed by atoms with E-state index in [0.717, 1.165) is 29.7 Å². The van der Waals surface area contributed by atoms with E-state index < -0.39 is 0 Å². The van der Waals surface area contributed by atoms with Crippen molar-refractivity contribution in [2.45, 2.75) is 25.8 Å². The zero-order valence-electron chi connectivity index (χ0n) is 14.0. The molecule has 0 unspecified atom stereocenters. The zero-order valence-corrected chi connectivity index (χ0v) is 14.0. The second kappa shape index (κ2) is 6.43. The predicted molar refractivity (Wildman–Crippen MR) is 96.9 cm³/mol. The molecule has 4 rings (SSSR count). The summed E-state index contributed by atoms with van der Waals surface area (Å²) in [6, 6.07) is 16.1. The number of rotatable bonds is 5. The van der Waals surface area contributed by atoms with Gasteiger partial charge in [0.2, 0.25) is 0 Å². The molecule has 5 nitrogen and oxygen atoms in total. The summed E-state index contributed by atoms with van der Waals surface area (Å²) in [6.45, 7) is 1.98. The highest BCUT2D eigenvalue weighted by Crippen LogP contribution is 2.26. The Hall–Kier alpha value is -3.08. The van der Waals surface area contributed by atoms with Crippen molar-refractivity contribution in [3.05, 3.63) is 65.9 Å². The Bertz CT molecular complexity index is 898. The first kappa shape index (κ1) is 15.4. The largest absolute Gasteiger partial charge is 0.423 e. The van der Waals surface area contributed by atoms with E-state index in [2.05, 4.69) is 15.6 Å². The molecule has 1 aliphatic rings. The van der Waals surface area contributed by atoms with Crippen molar-refractivity contribution in [3.8, 4) is 11.3 Å². The number of nitrogens with one attached hydrogen (secondary N) is 2. The average Bonchev–Trinajstić information content (AvgIpc) is 3.32. The summed E-state index contributed by atoms with van der Waals surface area (Å²) < 4.78 is 5.78. The minimum atomic E-state index is -0.0390. The van der Waals surface area contributed by atoms with Gasteiger partial charge in [0, 0.05) is 22.9 Å². The van der Waals surface area contributed by atoms with Crippen LogP contribution >= 0.6 is 0 Å². The topological polar surface area (TPSA) is 67.2 Å². The molecular weight excluding hydrogens is 314 g/mol. The summed E-state index contributed by atoms with van der Waals surface area (Å²) in [5.74, 6) is 0.659. The monoisotopic (exact) mass is 333 g/mol. The van der Waals surface area contributed by atoms with Crippen LogP contribution in [0, 0.1) is 6.92 Å². The van der Waals surface area contributed by atoms with Crippen molar-refractivity contribution in [2.24, 2.45) is 0 Å². The van der Waals surface area contributed by atoms with E-state index >= 15 is 0 Å². The summed E-state index contributed by atoms with van der Waals surface area (Å²) in [7, 11) is 0. The Morgan fingerprint density at radius 1 is 1.16 bits per heavy atom. The standard InChI is InChI=1S/C20H19N3O2/c1-13-7-8-15(19(24)22-16-9-10-16)11-17(13)23-20-21-12-18(25-20)14-5-3-2-4-6-14/h2-8,11-12,16H,9-10H2,1H3,(H,21,23)(H,22,24). The predicted octanol–water partition coefficient (Wildman–Crippen LogP) is 4.29. The molecule has 0 spiro atoms. The molecule has 1 amide bonds. The lowest BCUT2D eigenvalue weighted by atomic mass is 10.1. The number of hydrogen-bond acceptors (Lipinski definition) is 4. The van der Waals surface area contributed by atoms with Gasteiger partial charge in [0.15, 0.2) is 5.76 Å². The second-order valence-corrected chi connectivity index (χ2v) is 6.30. The maximum Gasteiger partial charge on any atom is 0.299 e. The molecule has 5 heteroatoms. The summed E-state index contributed by atoms with van der Waals surface area (Å²) in [5, 5.41) is 6.17. The molecule has 3 aromatic rings. The van der Waals surface area contributed by atoms with E-state index in [-0.39, 0.29) is 5.91 Å². The quantitative estimate of drug-likeness (QED) is 0.731. The Morgan fingerprint density at radius 2 is 1.96 bits per heavy atom. The second-order valence-electron chi connectivity index (χ2n) is 6.30. The molecule has 0 atom stereocenters. The fourth-order valence-electron chi connectivity index (χ4n) is 2.58. The van der Waals surface area contributed by atoms with Crippen molar-refractivity contribution < 1.29 is 9.21 Å². The number of nitrogens with zero attached hydrogens (tertiary/aromatic N) is 1. The molecule has 1 aliphatic carbocycles. The summed E-state index contributed by atoms with van der Waals surface area (Å²) in [5.41, 5.74) is 3.43. The highest BCUT2D eigenvalue weighted by atomic mass is 16.4. The first-order valence-electron chi connectivity index (χ1n) is 8.39. The Kier molecular flexibility index (Phi) is 3.98. The van der Waals surface area contributed by atoms with Crippen LogP contribution in [0.5, 0.6) is 0 Å². The number of amides is 1. The van der Waals surface area contributed by atoms with Gasteiger partial charge < -0.3 is 15.1 Å². The third-order valence-electron chi connectivity index (χ3n) is 4.22. The molecule has 1 fully saturated rings. The molecule has 1 saturated carbocycles. The van der Waals surface area contributed by atoms with E-state index in [1.165, 1.54) is 0 Å². The molecular formula is C20H19N3O2. The van der Waals surface area contributed by atoms with Crippen LogP contribution < -0.4 is 10.6 Å². The van der Waals surface area contributed by atoms with Gasteiger partial charge in [-0.3, -0.25) is 4.79 Å². The molecule has 2 aromatic carbocycles. The Labute approximate surface area is 146 Å². The minimum Gasteiger partial charge on any atom is -0.423 e.